The fourth-order valence-electron chi connectivity index (χ4n) is 2.21. The van der Waals surface area contributed by atoms with E-state index in [0.717, 1.165) is 31.4 Å². The van der Waals surface area contributed by atoms with E-state index in [9.17, 15) is 4.79 Å². The smallest absolute Gasteiger partial charge is 0.339 e. The zero-order chi connectivity index (χ0) is 12.1. The Morgan fingerprint density at radius 2 is 2.00 bits per heavy atom. The van der Waals surface area contributed by atoms with Crippen LogP contribution in [0.2, 0.25) is 0 Å². The summed E-state index contributed by atoms with van der Waals surface area (Å²) in [6.45, 7) is 4.25. The van der Waals surface area contributed by atoms with Crippen LogP contribution in [0.4, 0.5) is 0 Å². The molecule has 0 aliphatic carbocycles. The maximum absolute atomic E-state index is 11.1. The van der Waals surface area contributed by atoms with Crippen LogP contribution < -0.4 is 0 Å². The number of carboxylic acid groups (broad SMARTS) is 1. The van der Waals surface area contributed by atoms with E-state index in [1.807, 2.05) is 7.05 Å². The Kier molecular flexibility index (Phi) is 4.52. The number of aromatic nitrogens is 2. The molecule has 0 amide bonds. The maximum atomic E-state index is 11.1. The summed E-state index contributed by atoms with van der Waals surface area (Å²) in [4.78, 5) is 11.1. The zero-order valence-corrected chi connectivity index (χ0v) is 10.2. The molecule has 0 saturated carbocycles. The van der Waals surface area contributed by atoms with Crippen LogP contribution in [0, 0.1) is 0 Å². The predicted molar refractivity (Wildman–Crippen MR) is 62.7 cm³/mol. The van der Waals surface area contributed by atoms with Gasteiger partial charge in [-0.3, -0.25) is 4.68 Å². The highest BCUT2D eigenvalue weighted by Crippen LogP contribution is 2.28. The van der Waals surface area contributed by atoms with Gasteiger partial charge < -0.3 is 5.11 Å². The van der Waals surface area contributed by atoms with Crippen LogP contribution in [-0.4, -0.2) is 20.9 Å². The molecule has 0 bridgehead atoms. The second-order valence-corrected chi connectivity index (χ2v) is 4.15. The third-order valence-electron chi connectivity index (χ3n) is 2.88. The number of hydrogen-bond acceptors (Lipinski definition) is 2. The predicted octanol–water partition coefficient (Wildman–Crippen LogP) is 2.80. The molecular weight excluding hydrogens is 204 g/mol. The monoisotopic (exact) mass is 224 g/mol. The molecule has 4 nitrogen and oxygen atoms in total. The topological polar surface area (TPSA) is 55.1 Å². The molecule has 16 heavy (non-hydrogen) atoms. The lowest BCUT2D eigenvalue weighted by atomic mass is 9.92. The molecule has 0 atom stereocenters. The molecule has 4 heteroatoms. The van der Waals surface area contributed by atoms with Crippen molar-refractivity contribution in [3.63, 3.8) is 0 Å². The van der Waals surface area contributed by atoms with Crippen LogP contribution in [0.3, 0.4) is 0 Å². The van der Waals surface area contributed by atoms with Crippen molar-refractivity contribution in [1.82, 2.24) is 9.78 Å². The molecule has 0 aliphatic heterocycles. The quantitative estimate of drug-likeness (QED) is 0.808. The van der Waals surface area contributed by atoms with Crippen molar-refractivity contribution in [1.29, 1.82) is 0 Å². The van der Waals surface area contributed by atoms with Gasteiger partial charge in [-0.1, -0.05) is 26.7 Å². The minimum Gasteiger partial charge on any atom is -0.478 e. The van der Waals surface area contributed by atoms with Gasteiger partial charge in [0.15, 0.2) is 0 Å². The van der Waals surface area contributed by atoms with Crippen molar-refractivity contribution in [3.05, 3.63) is 17.5 Å². The Morgan fingerprint density at radius 3 is 2.44 bits per heavy atom. The number of hydrogen-bond donors (Lipinski definition) is 1. The van der Waals surface area contributed by atoms with Gasteiger partial charge in [0.05, 0.1) is 11.9 Å². The lowest BCUT2D eigenvalue weighted by molar-refractivity contribution is 0.0694. The normalized spacial score (nSPS) is 11.0. The summed E-state index contributed by atoms with van der Waals surface area (Å²) < 4.78 is 1.71. The Balaban J connectivity index is 3.05. The molecule has 1 heterocycles. The molecule has 1 aromatic heterocycles. The van der Waals surface area contributed by atoms with Crippen LogP contribution in [0.15, 0.2) is 6.20 Å². The molecule has 1 aromatic rings. The average Bonchev–Trinajstić information content (AvgIpc) is 2.60. The first-order chi connectivity index (χ1) is 7.61. The minimum atomic E-state index is -0.875. The third-order valence-corrected chi connectivity index (χ3v) is 2.88. The zero-order valence-electron chi connectivity index (χ0n) is 10.2. The summed E-state index contributed by atoms with van der Waals surface area (Å²) in [5, 5.41) is 13.2. The Bertz CT molecular complexity index is 352. The third kappa shape index (κ3) is 2.62. The van der Waals surface area contributed by atoms with E-state index >= 15 is 0 Å². The van der Waals surface area contributed by atoms with Crippen LogP contribution in [0.25, 0.3) is 0 Å². The minimum absolute atomic E-state index is 0.314. The summed E-state index contributed by atoms with van der Waals surface area (Å²) in [6.07, 6.45) is 5.63. The van der Waals surface area contributed by atoms with E-state index in [-0.39, 0.29) is 0 Å². The summed E-state index contributed by atoms with van der Waals surface area (Å²) in [5.74, 6) is -0.561. The fourth-order valence-corrected chi connectivity index (χ4v) is 2.21. The van der Waals surface area contributed by atoms with Gasteiger partial charge in [-0.05, 0) is 12.8 Å². The van der Waals surface area contributed by atoms with Crippen LogP contribution in [0.5, 0.6) is 0 Å². The van der Waals surface area contributed by atoms with Gasteiger partial charge in [-0.15, -0.1) is 0 Å². The van der Waals surface area contributed by atoms with E-state index < -0.39 is 5.97 Å². The lowest BCUT2D eigenvalue weighted by Gasteiger charge is -2.16. The molecule has 1 rings (SSSR count). The van der Waals surface area contributed by atoms with E-state index in [1.54, 1.807) is 4.68 Å². The standard InChI is InChI=1S/C12H20N2O2/c1-4-6-9(7-5-2)11-10(12(15)16)8-13-14(11)3/h8-9H,4-7H2,1-3H3,(H,15,16). The van der Waals surface area contributed by atoms with Crippen molar-refractivity contribution in [2.75, 3.05) is 0 Å². The number of nitrogens with zero attached hydrogens (tertiary/aromatic N) is 2. The van der Waals surface area contributed by atoms with Crippen LogP contribution >= 0.6 is 0 Å². The van der Waals surface area contributed by atoms with Crippen molar-refractivity contribution in [2.45, 2.75) is 45.4 Å². The first-order valence-corrected chi connectivity index (χ1v) is 5.86. The van der Waals surface area contributed by atoms with Crippen LogP contribution in [-0.2, 0) is 7.05 Å². The molecule has 0 fully saturated rings. The van der Waals surface area contributed by atoms with Gasteiger partial charge in [-0.2, -0.15) is 5.10 Å². The van der Waals surface area contributed by atoms with Gasteiger partial charge in [-0.25, -0.2) is 4.79 Å². The molecule has 1 N–H and O–H groups in total. The Morgan fingerprint density at radius 1 is 1.44 bits per heavy atom. The maximum Gasteiger partial charge on any atom is 0.339 e. The number of aromatic carboxylic acids is 1. The number of carboxylic acids is 1. The Hall–Kier alpha value is -1.32. The van der Waals surface area contributed by atoms with Gasteiger partial charge >= 0.3 is 5.97 Å². The largest absolute Gasteiger partial charge is 0.478 e. The summed E-state index contributed by atoms with van der Waals surface area (Å²) >= 11 is 0. The second-order valence-electron chi connectivity index (χ2n) is 4.15. The highest BCUT2D eigenvalue weighted by atomic mass is 16.4. The molecule has 90 valence electrons. The van der Waals surface area contributed by atoms with Crippen molar-refractivity contribution in [2.24, 2.45) is 7.05 Å². The van der Waals surface area contributed by atoms with Crippen molar-refractivity contribution < 1.29 is 9.90 Å². The molecule has 0 spiro atoms. The van der Waals surface area contributed by atoms with Gasteiger partial charge in [0.1, 0.15) is 5.56 Å². The van der Waals surface area contributed by atoms with Gasteiger partial charge in [0, 0.05) is 13.0 Å². The van der Waals surface area contributed by atoms with Crippen molar-refractivity contribution in [3.8, 4) is 0 Å². The summed E-state index contributed by atoms with van der Waals surface area (Å²) in [7, 11) is 1.82. The number of rotatable bonds is 6. The Labute approximate surface area is 96.3 Å². The summed E-state index contributed by atoms with van der Waals surface area (Å²) in [6, 6.07) is 0. The number of carbonyl (C=O) groups is 1. The SMILES string of the molecule is CCCC(CCC)c1c(C(=O)O)cnn1C. The van der Waals surface area contributed by atoms with Gasteiger partial charge in [0.25, 0.3) is 0 Å². The summed E-state index contributed by atoms with van der Waals surface area (Å²) in [5.41, 5.74) is 1.23. The van der Waals surface area contributed by atoms with E-state index in [0.29, 0.717) is 11.5 Å². The first kappa shape index (κ1) is 12.7. The van der Waals surface area contributed by atoms with E-state index in [1.165, 1.54) is 6.20 Å². The number of aryl methyl sites for hydroxylation is 1. The molecule has 0 saturated heterocycles. The first-order valence-electron chi connectivity index (χ1n) is 5.86. The highest BCUT2D eigenvalue weighted by Gasteiger charge is 2.22. The van der Waals surface area contributed by atoms with Gasteiger partial charge in [0.2, 0.25) is 0 Å². The molecule has 0 radical (unpaired) electrons. The van der Waals surface area contributed by atoms with Crippen LogP contribution in [0.1, 0.15) is 61.5 Å². The average molecular weight is 224 g/mol. The molecular formula is C12H20N2O2. The molecule has 0 unspecified atom stereocenters. The van der Waals surface area contributed by atoms with Crippen molar-refractivity contribution >= 4 is 5.97 Å². The molecule has 0 aromatic carbocycles. The second kappa shape index (κ2) is 5.68. The van der Waals surface area contributed by atoms with E-state index in [2.05, 4.69) is 18.9 Å². The molecule has 0 aliphatic rings. The fraction of sp³-hybridized carbons (Fsp3) is 0.667. The lowest BCUT2D eigenvalue weighted by Crippen LogP contribution is -2.10. The highest BCUT2D eigenvalue weighted by molar-refractivity contribution is 5.88. The van der Waals surface area contributed by atoms with E-state index in [4.69, 9.17) is 5.11 Å².